The van der Waals surface area contributed by atoms with E-state index in [0.29, 0.717) is 17.8 Å². The molecule has 0 fully saturated rings. The number of methoxy groups -OCH3 is 2. The van der Waals surface area contributed by atoms with Crippen LogP contribution in [0.4, 0.5) is 0 Å². The molecule has 0 saturated carbocycles. The maximum Gasteiger partial charge on any atom is 0.256 e. The number of nitrogens with zero attached hydrogens (tertiary/aromatic N) is 4. The van der Waals surface area contributed by atoms with Crippen molar-refractivity contribution in [3.05, 3.63) is 83.3 Å². The van der Waals surface area contributed by atoms with Gasteiger partial charge in [0.05, 0.1) is 27.0 Å². The molecule has 9 nitrogen and oxygen atoms in total. The number of fused-ring (bicyclic) bond motifs is 2. The number of amides is 1. The lowest BCUT2D eigenvalue weighted by atomic mass is 9.98. The average Bonchev–Trinajstić information content (AvgIpc) is 3.35. The van der Waals surface area contributed by atoms with Crippen LogP contribution in [0.25, 0.3) is 5.65 Å². The number of aromatic nitrogens is 3. The van der Waals surface area contributed by atoms with E-state index in [1.807, 2.05) is 19.1 Å². The van der Waals surface area contributed by atoms with E-state index in [-0.39, 0.29) is 12.0 Å². The lowest BCUT2D eigenvalue weighted by Crippen LogP contribution is -2.33. The van der Waals surface area contributed by atoms with Crippen LogP contribution in [-0.4, -0.2) is 58.8 Å². The van der Waals surface area contributed by atoms with Crippen molar-refractivity contribution in [3.8, 4) is 17.2 Å². The molecule has 1 aliphatic rings. The first-order chi connectivity index (χ1) is 18.0. The summed E-state index contributed by atoms with van der Waals surface area (Å²) in [7, 11) is 3.34. The monoisotopic (exact) mass is 501 g/mol. The van der Waals surface area contributed by atoms with Crippen LogP contribution in [0.2, 0.25) is 0 Å². The third-order valence-corrected chi connectivity index (χ3v) is 6.51. The zero-order chi connectivity index (χ0) is 25.8. The Balaban J connectivity index is 1.17. The van der Waals surface area contributed by atoms with Crippen molar-refractivity contribution in [2.24, 2.45) is 0 Å². The predicted molar refractivity (Wildman–Crippen MR) is 139 cm³/mol. The van der Waals surface area contributed by atoms with Gasteiger partial charge >= 0.3 is 0 Å². The van der Waals surface area contributed by atoms with Gasteiger partial charge in [0.2, 0.25) is 0 Å². The second-order valence-electron chi connectivity index (χ2n) is 9.17. The first-order valence-electron chi connectivity index (χ1n) is 12.3. The zero-order valence-corrected chi connectivity index (χ0v) is 21.3. The van der Waals surface area contributed by atoms with Crippen LogP contribution in [0.1, 0.15) is 34.0 Å². The predicted octanol–water partition coefficient (Wildman–Crippen LogP) is 3.50. The van der Waals surface area contributed by atoms with E-state index >= 15 is 0 Å². The van der Waals surface area contributed by atoms with Gasteiger partial charge in [0.1, 0.15) is 17.4 Å². The molecule has 0 bridgehead atoms. The van der Waals surface area contributed by atoms with Crippen LogP contribution in [0.15, 0.2) is 61.1 Å². The first kappa shape index (κ1) is 24.6. The van der Waals surface area contributed by atoms with Crippen LogP contribution in [-0.2, 0) is 19.5 Å². The van der Waals surface area contributed by atoms with E-state index in [2.05, 4.69) is 44.6 Å². The molecule has 2 aromatic carbocycles. The molecule has 1 aliphatic heterocycles. The van der Waals surface area contributed by atoms with Crippen molar-refractivity contribution in [2.75, 3.05) is 27.3 Å². The molecule has 0 saturated heterocycles. The minimum absolute atomic E-state index is 0.210. The van der Waals surface area contributed by atoms with Gasteiger partial charge in [-0.1, -0.05) is 12.1 Å². The van der Waals surface area contributed by atoms with Gasteiger partial charge in [0, 0.05) is 32.0 Å². The van der Waals surface area contributed by atoms with Gasteiger partial charge in [-0.3, -0.25) is 9.69 Å². The number of nitrogens with one attached hydrogen (secondary N) is 1. The molecule has 192 valence electrons. The largest absolute Gasteiger partial charge is 0.493 e. The maximum atomic E-state index is 12.6. The SMILES string of the molecule is COc1cc2c(cc1OC)CN(Cc1cccc(OC(C)CNC(=O)c3cnn4cccnc34)c1)CC2. The van der Waals surface area contributed by atoms with Crippen molar-refractivity contribution in [1.82, 2.24) is 24.8 Å². The molecule has 1 amide bonds. The highest BCUT2D eigenvalue weighted by Gasteiger charge is 2.20. The van der Waals surface area contributed by atoms with Gasteiger partial charge in [0.15, 0.2) is 17.1 Å². The van der Waals surface area contributed by atoms with E-state index in [0.717, 1.165) is 43.3 Å². The Morgan fingerprint density at radius 1 is 1.11 bits per heavy atom. The highest BCUT2D eigenvalue weighted by atomic mass is 16.5. The molecule has 37 heavy (non-hydrogen) atoms. The number of hydrogen-bond donors (Lipinski definition) is 1. The summed E-state index contributed by atoms with van der Waals surface area (Å²) in [5.41, 5.74) is 4.71. The second kappa shape index (κ2) is 10.9. The molecular weight excluding hydrogens is 470 g/mol. The molecule has 3 heterocycles. The van der Waals surface area contributed by atoms with Crippen molar-refractivity contribution in [3.63, 3.8) is 0 Å². The Kier molecular flexibility index (Phi) is 7.23. The maximum absolute atomic E-state index is 12.6. The van der Waals surface area contributed by atoms with Gasteiger partial charge in [-0.05, 0) is 60.4 Å². The summed E-state index contributed by atoms with van der Waals surface area (Å²) < 4.78 is 18.6. The van der Waals surface area contributed by atoms with Crippen molar-refractivity contribution < 1.29 is 19.0 Å². The molecule has 0 aliphatic carbocycles. The molecule has 1 N–H and O–H groups in total. The van der Waals surface area contributed by atoms with Gasteiger partial charge in [-0.15, -0.1) is 0 Å². The molecule has 5 rings (SSSR count). The van der Waals surface area contributed by atoms with Crippen molar-refractivity contribution >= 4 is 11.6 Å². The number of carbonyl (C=O) groups is 1. The fourth-order valence-corrected chi connectivity index (χ4v) is 4.64. The minimum Gasteiger partial charge on any atom is -0.493 e. The topological polar surface area (TPSA) is 90.2 Å². The van der Waals surface area contributed by atoms with Crippen LogP contribution in [0.3, 0.4) is 0 Å². The van der Waals surface area contributed by atoms with Gasteiger partial charge in [-0.2, -0.15) is 5.10 Å². The summed E-state index contributed by atoms with van der Waals surface area (Å²) >= 11 is 0. The molecule has 2 aromatic heterocycles. The van der Waals surface area contributed by atoms with Gasteiger partial charge in [0.25, 0.3) is 5.91 Å². The third-order valence-electron chi connectivity index (χ3n) is 6.51. The van der Waals surface area contributed by atoms with E-state index in [1.54, 1.807) is 37.2 Å². The number of benzene rings is 2. The Labute approximate surface area is 216 Å². The van der Waals surface area contributed by atoms with Gasteiger partial charge < -0.3 is 19.5 Å². The van der Waals surface area contributed by atoms with Crippen molar-refractivity contribution in [2.45, 2.75) is 32.5 Å². The second-order valence-corrected chi connectivity index (χ2v) is 9.17. The molecule has 0 spiro atoms. The fourth-order valence-electron chi connectivity index (χ4n) is 4.64. The Hall–Kier alpha value is -4.11. The number of rotatable bonds is 9. The smallest absolute Gasteiger partial charge is 0.256 e. The summed E-state index contributed by atoms with van der Waals surface area (Å²) in [4.78, 5) is 19.3. The standard InChI is InChI=1S/C28H31N5O4/c1-19(15-30-28(34)24-16-31-33-10-5-9-29-27(24)33)37-23-7-4-6-20(12-23)17-32-11-8-21-13-25(35-2)26(36-3)14-22(21)18-32/h4-7,9-10,12-14,16,19H,8,11,15,17-18H2,1-3H3,(H,30,34). The number of carbonyl (C=O) groups excluding carboxylic acids is 1. The Morgan fingerprint density at radius 2 is 1.92 bits per heavy atom. The quantitative estimate of drug-likeness (QED) is 0.375. The van der Waals surface area contributed by atoms with Crippen LogP contribution in [0.5, 0.6) is 17.2 Å². The molecule has 9 heteroatoms. The third kappa shape index (κ3) is 5.51. The summed E-state index contributed by atoms with van der Waals surface area (Å²) in [5, 5.41) is 7.09. The minimum atomic E-state index is -0.225. The van der Waals surface area contributed by atoms with E-state index in [9.17, 15) is 4.79 Å². The summed E-state index contributed by atoms with van der Waals surface area (Å²) in [6.45, 7) is 4.93. The van der Waals surface area contributed by atoms with E-state index in [1.165, 1.54) is 22.9 Å². The van der Waals surface area contributed by atoms with Crippen LogP contribution >= 0.6 is 0 Å². The number of ether oxygens (including phenoxy) is 3. The fraction of sp³-hybridized carbons (Fsp3) is 0.321. The van der Waals surface area contributed by atoms with Gasteiger partial charge in [-0.25, -0.2) is 9.50 Å². The van der Waals surface area contributed by atoms with Crippen LogP contribution < -0.4 is 19.5 Å². The lowest BCUT2D eigenvalue weighted by Gasteiger charge is -2.29. The Morgan fingerprint density at radius 3 is 2.73 bits per heavy atom. The number of hydrogen-bond acceptors (Lipinski definition) is 7. The normalized spacial score (nSPS) is 14.1. The highest BCUT2D eigenvalue weighted by Crippen LogP contribution is 2.33. The average molecular weight is 502 g/mol. The highest BCUT2D eigenvalue weighted by molar-refractivity contribution is 5.99. The van der Waals surface area contributed by atoms with E-state index < -0.39 is 0 Å². The molecular formula is C28H31N5O4. The molecule has 0 radical (unpaired) electrons. The lowest BCUT2D eigenvalue weighted by molar-refractivity contribution is 0.0933. The zero-order valence-electron chi connectivity index (χ0n) is 21.3. The molecule has 1 atom stereocenters. The summed E-state index contributed by atoms with van der Waals surface area (Å²) in [6.07, 6.45) is 5.68. The summed E-state index contributed by atoms with van der Waals surface area (Å²) in [5.74, 6) is 2.09. The van der Waals surface area contributed by atoms with Crippen LogP contribution in [0, 0.1) is 0 Å². The first-order valence-corrected chi connectivity index (χ1v) is 12.3. The molecule has 1 unspecified atom stereocenters. The van der Waals surface area contributed by atoms with E-state index in [4.69, 9.17) is 14.2 Å². The van der Waals surface area contributed by atoms with Crippen molar-refractivity contribution in [1.29, 1.82) is 0 Å². The summed E-state index contributed by atoms with van der Waals surface area (Å²) in [6, 6.07) is 14.1. The molecule has 4 aromatic rings. The Bertz CT molecular complexity index is 1400.